The molecule has 0 fully saturated rings. The Kier molecular flexibility index (Phi) is 4.76. The van der Waals surface area contributed by atoms with Crippen LogP contribution in [0.25, 0.3) is 0 Å². The van der Waals surface area contributed by atoms with E-state index < -0.39 is 17.1 Å². The maximum Gasteiger partial charge on any atom is 0.416 e. The summed E-state index contributed by atoms with van der Waals surface area (Å²) in [7, 11) is 0. The molecular formula is C15H11BrClF3. The summed E-state index contributed by atoms with van der Waals surface area (Å²) < 4.78 is 39.7. The molecule has 0 nitrogen and oxygen atoms in total. The molecule has 5 heteroatoms. The maximum atomic E-state index is 12.9. The van der Waals surface area contributed by atoms with Crippen LogP contribution in [0.3, 0.4) is 0 Å². The van der Waals surface area contributed by atoms with Crippen LogP contribution < -0.4 is 0 Å². The van der Waals surface area contributed by atoms with Gasteiger partial charge in [-0.3, -0.25) is 0 Å². The SMILES string of the molecule is FC(F)(F)c1ccccc1C(Cl)Cc1cccc(Br)c1. The van der Waals surface area contributed by atoms with Crippen molar-refractivity contribution in [1.29, 1.82) is 0 Å². The van der Waals surface area contributed by atoms with E-state index in [1.54, 1.807) is 6.07 Å². The van der Waals surface area contributed by atoms with Crippen molar-refractivity contribution in [3.05, 3.63) is 69.7 Å². The van der Waals surface area contributed by atoms with Crippen molar-refractivity contribution in [2.45, 2.75) is 18.0 Å². The molecule has 1 atom stereocenters. The van der Waals surface area contributed by atoms with Gasteiger partial charge in [-0.25, -0.2) is 0 Å². The Hall–Kier alpha value is -1.00. The molecule has 0 aromatic heterocycles. The number of halogens is 5. The van der Waals surface area contributed by atoms with E-state index in [1.807, 2.05) is 24.3 Å². The molecule has 0 bridgehead atoms. The lowest BCUT2D eigenvalue weighted by atomic mass is 9.99. The fourth-order valence-corrected chi connectivity index (χ4v) is 2.82. The molecule has 106 valence electrons. The number of rotatable bonds is 3. The molecule has 0 amide bonds. The van der Waals surface area contributed by atoms with Crippen molar-refractivity contribution in [1.82, 2.24) is 0 Å². The minimum atomic E-state index is -4.39. The molecule has 0 radical (unpaired) electrons. The van der Waals surface area contributed by atoms with Crippen LogP contribution in [0.15, 0.2) is 53.0 Å². The lowest BCUT2D eigenvalue weighted by molar-refractivity contribution is -0.138. The van der Waals surface area contributed by atoms with Crippen molar-refractivity contribution < 1.29 is 13.2 Å². The second-order valence-electron chi connectivity index (χ2n) is 4.39. The van der Waals surface area contributed by atoms with Crippen LogP contribution in [0.4, 0.5) is 13.2 Å². The Morgan fingerprint density at radius 2 is 1.75 bits per heavy atom. The van der Waals surface area contributed by atoms with E-state index in [4.69, 9.17) is 11.6 Å². The van der Waals surface area contributed by atoms with E-state index in [9.17, 15) is 13.2 Å². The Bertz CT molecular complexity index is 596. The van der Waals surface area contributed by atoms with Crippen LogP contribution in [-0.2, 0) is 12.6 Å². The lowest BCUT2D eigenvalue weighted by Gasteiger charge is -2.17. The summed E-state index contributed by atoms with van der Waals surface area (Å²) >= 11 is 9.52. The fourth-order valence-electron chi connectivity index (χ4n) is 2.01. The Balaban J connectivity index is 2.28. The Morgan fingerprint density at radius 3 is 2.40 bits per heavy atom. The molecule has 2 rings (SSSR count). The van der Waals surface area contributed by atoms with Gasteiger partial charge >= 0.3 is 6.18 Å². The van der Waals surface area contributed by atoms with Gasteiger partial charge in [0.2, 0.25) is 0 Å². The van der Waals surface area contributed by atoms with Crippen molar-refractivity contribution in [3.8, 4) is 0 Å². The first kappa shape index (κ1) is 15.4. The largest absolute Gasteiger partial charge is 0.416 e. The molecule has 0 N–H and O–H groups in total. The van der Waals surface area contributed by atoms with Gasteiger partial charge in [-0.15, -0.1) is 11.6 Å². The Labute approximate surface area is 128 Å². The van der Waals surface area contributed by atoms with Gasteiger partial charge in [0.05, 0.1) is 10.9 Å². The normalized spacial score (nSPS) is 13.2. The molecule has 0 heterocycles. The summed E-state index contributed by atoms with van der Waals surface area (Å²) in [4.78, 5) is 0. The average molecular weight is 364 g/mol. The minimum absolute atomic E-state index is 0.113. The fraction of sp³-hybridized carbons (Fsp3) is 0.200. The van der Waals surface area contributed by atoms with E-state index in [0.29, 0.717) is 6.42 Å². The van der Waals surface area contributed by atoms with Crippen molar-refractivity contribution >= 4 is 27.5 Å². The van der Waals surface area contributed by atoms with E-state index in [-0.39, 0.29) is 5.56 Å². The van der Waals surface area contributed by atoms with Gasteiger partial charge in [-0.2, -0.15) is 13.2 Å². The van der Waals surface area contributed by atoms with E-state index in [1.165, 1.54) is 12.1 Å². The first-order valence-corrected chi connectivity index (χ1v) is 7.15. The highest BCUT2D eigenvalue weighted by Gasteiger charge is 2.34. The lowest BCUT2D eigenvalue weighted by Crippen LogP contribution is -2.11. The van der Waals surface area contributed by atoms with Crippen molar-refractivity contribution in [2.75, 3.05) is 0 Å². The molecule has 2 aromatic carbocycles. The second-order valence-corrected chi connectivity index (χ2v) is 5.83. The number of benzene rings is 2. The first-order chi connectivity index (χ1) is 9.38. The molecule has 0 spiro atoms. The highest BCUT2D eigenvalue weighted by Crippen LogP contribution is 2.37. The summed E-state index contributed by atoms with van der Waals surface area (Å²) in [5.41, 5.74) is 0.327. The first-order valence-electron chi connectivity index (χ1n) is 5.92. The highest BCUT2D eigenvalue weighted by atomic mass is 79.9. The molecule has 20 heavy (non-hydrogen) atoms. The number of hydrogen-bond acceptors (Lipinski definition) is 0. The van der Waals surface area contributed by atoms with Crippen LogP contribution >= 0.6 is 27.5 Å². The van der Waals surface area contributed by atoms with Crippen LogP contribution in [0.2, 0.25) is 0 Å². The predicted octanol–water partition coefficient (Wildman–Crippen LogP) is 5.99. The summed E-state index contributed by atoms with van der Waals surface area (Å²) in [6, 6.07) is 12.8. The van der Waals surface area contributed by atoms with E-state index >= 15 is 0 Å². The summed E-state index contributed by atoms with van der Waals surface area (Å²) in [5.74, 6) is 0. The molecule has 0 aliphatic carbocycles. The van der Waals surface area contributed by atoms with Gasteiger partial charge in [0.1, 0.15) is 0 Å². The van der Waals surface area contributed by atoms with Crippen molar-refractivity contribution in [2.24, 2.45) is 0 Å². The molecule has 0 saturated heterocycles. The van der Waals surface area contributed by atoms with Crippen LogP contribution in [0.5, 0.6) is 0 Å². The number of hydrogen-bond donors (Lipinski definition) is 0. The third kappa shape index (κ3) is 3.76. The smallest absolute Gasteiger partial charge is 0.166 e. The second kappa shape index (κ2) is 6.19. The topological polar surface area (TPSA) is 0 Å². The zero-order valence-electron chi connectivity index (χ0n) is 10.3. The van der Waals surface area contributed by atoms with E-state index in [0.717, 1.165) is 16.1 Å². The van der Waals surface area contributed by atoms with Crippen molar-refractivity contribution in [3.63, 3.8) is 0 Å². The zero-order valence-corrected chi connectivity index (χ0v) is 12.6. The zero-order chi connectivity index (χ0) is 14.8. The molecule has 2 aromatic rings. The number of alkyl halides is 4. The third-order valence-electron chi connectivity index (χ3n) is 2.91. The summed E-state index contributed by atoms with van der Waals surface area (Å²) in [5, 5.41) is -0.720. The molecule has 0 saturated carbocycles. The molecule has 0 aliphatic heterocycles. The molecular weight excluding hydrogens is 353 g/mol. The van der Waals surface area contributed by atoms with Gasteiger partial charge in [0, 0.05) is 4.47 Å². The van der Waals surface area contributed by atoms with Gasteiger partial charge in [0.15, 0.2) is 0 Å². The molecule has 1 unspecified atom stereocenters. The van der Waals surface area contributed by atoms with Crippen LogP contribution in [-0.4, -0.2) is 0 Å². The average Bonchev–Trinajstić information content (AvgIpc) is 2.37. The Morgan fingerprint density at radius 1 is 1.05 bits per heavy atom. The quantitative estimate of drug-likeness (QED) is 0.588. The third-order valence-corrected chi connectivity index (χ3v) is 3.79. The monoisotopic (exact) mass is 362 g/mol. The van der Waals surface area contributed by atoms with Gasteiger partial charge in [-0.1, -0.05) is 46.3 Å². The minimum Gasteiger partial charge on any atom is -0.166 e. The predicted molar refractivity (Wildman–Crippen MR) is 77.9 cm³/mol. The highest BCUT2D eigenvalue weighted by molar-refractivity contribution is 9.10. The van der Waals surface area contributed by atoms with Crippen LogP contribution in [0, 0.1) is 0 Å². The van der Waals surface area contributed by atoms with Crippen LogP contribution in [0.1, 0.15) is 22.1 Å². The summed E-state index contributed by atoms with van der Waals surface area (Å²) in [6.45, 7) is 0. The maximum absolute atomic E-state index is 12.9. The molecule has 0 aliphatic rings. The van der Waals surface area contributed by atoms with E-state index in [2.05, 4.69) is 15.9 Å². The van der Waals surface area contributed by atoms with Gasteiger partial charge in [0.25, 0.3) is 0 Å². The van der Waals surface area contributed by atoms with Gasteiger partial charge < -0.3 is 0 Å². The standard InChI is InChI=1S/C15H11BrClF3/c16-11-5-3-4-10(8-11)9-14(17)12-6-1-2-7-13(12)15(18,19)20/h1-8,14H,9H2. The van der Waals surface area contributed by atoms with Gasteiger partial charge in [-0.05, 0) is 35.7 Å². The summed E-state index contributed by atoms with van der Waals surface area (Å²) in [6.07, 6.45) is -4.05.